The van der Waals surface area contributed by atoms with Crippen LogP contribution in [-0.2, 0) is 0 Å². The summed E-state index contributed by atoms with van der Waals surface area (Å²) >= 11 is 7.30. The fraction of sp³-hybridized carbons (Fsp3) is 0.100. The molecule has 78 valence electrons. The Balaban J connectivity index is 2.41. The van der Waals surface area contributed by atoms with Crippen molar-refractivity contribution in [1.29, 1.82) is 0 Å². The van der Waals surface area contributed by atoms with Crippen LogP contribution < -0.4 is 10.5 Å². The molecule has 5 heteroatoms. The van der Waals surface area contributed by atoms with Gasteiger partial charge in [0.25, 0.3) is 0 Å². The molecule has 0 bridgehead atoms. The third-order valence-corrected chi connectivity index (χ3v) is 3.42. The molecule has 0 amide bonds. The number of aromatic nitrogens is 1. The van der Waals surface area contributed by atoms with Gasteiger partial charge in [0.1, 0.15) is 10.8 Å². The second-order valence-electron chi connectivity index (χ2n) is 2.94. The quantitative estimate of drug-likeness (QED) is 0.878. The van der Waals surface area contributed by atoms with Crippen molar-refractivity contribution < 1.29 is 4.74 Å². The molecule has 0 saturated heterocycles. The monoisotopic (exact) mass is 240 g/mol. The van der Waals surface area contributed by atoms with Crippen LogP contribution in [0.15, 0.2) is 24.3 Å². The second-order valence-corrected chi connectivity index (χ2v) is 4.09. The summed E-state index contributed by atoms with van der Waals surface area (Å²) in [6.07, 6.45) is 0. The van der Waals surface area contributed by atoms with Crippen LogP contribution in [0, 0.1) is 0 Å². The molecule has 0 unspecified atom stereocenters. The van der Waals surface area contributed by atoms with Crippen molar-refractivity contribution in [3.8, 4) is 16.2 Å². The zero-order valence-electron chi connectivity index (χ0n) is 8.03. The third-order valence-electron chi connectivity index (χ3n) is 2.01. The van der Waals surface area contributed by atoms with Crippen molar-refractivity contribution in [1.82, 2.24) is 4.37 Å². The van der Waals surface area contributed by atoms with Crippen molar-refractivity contribution in [3.05, 3.63) is 29.3 Å². The minimum Gasteiger partial charge on any atom is -0.497 e. The molecule has 2 aromatic rings. The number of rotatable bonds is 2. The van der Waals surface area contributed by atoms with Crippen LogP contribution in [0.2, 0.25) is 5.02 Å². The van der Waals surface area contributed by atoms with Gasteiger partial charge in [0.05, 0.1) is 12.0 Å². The lowest BCUT2D eigenvalue weighted by Crippen LogP contribution is -1.84. The molecule has 2 N–H and O–H groups in total. The highest BCUT2D eigenvalue weighted by Crippen LogP contribution is 2.36. The molecule has 0 aliphatic carbocycles. The van der Waals surface area contributed by atoms with E-state index in [4.69, 9.17) is 22.1 Å². The summed E-state index contributed by atoms with van der Waals surface area (Å²) < 4.78 is 9.06. The molecule has 2 rings (SSSR count). The highest BCUT2D eigenvalue weighted by atomic mass is 35.5. The first kappa shape index (κ1) is 10.3. The summed E-state index contributed by atoms with van der Waals surface area (Å²) in [6.45, 7) is 0. The lowest BCUT2D eigenvalue weighted by Gasteiger charge is -2.01. The number of hydrogen-bond donors (Lipinski definition) is 1. The summed E-state index contributed by atoms with van der Waals surface area (Å²) in [5.41, 5.74) is 6.57. The first-order valence-corrected chi connectivity index (χ1v) is 5.42. The summed E-state index contributed by atoms with van der Waals surface area (Å²) in [4.78, 5) is 0.886. The van der Waals surface area contributed by atoms with Gasteiger partial charge in [-0.3, -0.25) is 0 Å². The first-order valence-electron chi connectivity index (χ1n) is 4.27. The van der Waals surface area contributed by atoms with Crippen LogP contribution >= 0.6 is 23.1 Å². The van der Waals surface area contributed by atoms with Crippen LogP contribution in [0.1, 0.15) is 0 Å². The summed E-state index contributed by atoms with van der Waals surface area (Å²) in [6, 6.07) is 7.61. The third kappa shape index (κ3) is 1.91. The molecule has 0 aliphatic heterocycles. The van der Waals surface area contributed by atoms with Crippen molar-refractivity contribution in [2.45, 2.75) is 0 Å². The molecule has 1 heterocycles. The Bertz CT molecular complexity index is 467. The fourth-order valence-electron chi connectivity index (χ4n) is 1.21. The molecular formula is C10H9ClN2OS. The van der Waals surface area contributed by atoms with Crippen LogP contribution in [0.5, 0.6) is 5.75 Å². The van der Waals surface area contributed by atoms with Gasteiger partial charge in [-0.2, -0.15) is 4.37 Å². The van der Waals surface area contributed by atoms with E-state index < -0.39 is 0 Å². The summed E-state index contributed by atoms with van der Waals surface area (Å²) in [5.74, 6) is 1.19. The Morgan fingerprint density at radius 3 is 2.47 bits per heavy atom. The first-order chi connectivity index (χ1) is 7.22. The number of nitrogens with zero attached hydrogens (tertiary/aromatic N) is 1. The van der Waals surface area contributed by atoms with Crippen molar-refractivity contribution in [3.63, 3.8) is 0 Å². The highest BCUT2D eigenvalue weighted by Gasteiger charge is 2.10. The van der Waals surface area contributed by atoms with E-state index in [1.165, 1.54) is 11.5 Å². The predicted molar refractivity (Wildman–Crippen MR) is 63.5 cm³/mol. The average Bonchev–Trinajstić information content (AvgIpc) is 2.60. The molecule has 0 fully saturated rings. The molecule has 0 radical (unpaired) electrons. The SMILES string of the molecule is COc1ccc(-c2snc(N)c2Cl)cc1. The van der Waals surface area contributed by atoms with E-state index in [9.17, 15) is 0 Å². The topological polar surface area (TPSA) is 48.1 Å². The van der Waals surface area contributed by atoms with Crippen LogP contribution in [0.25, 0.3) is 10.4 Å². The van der Waals surface area contributed by atoms with Gasteiger partial charge in [0, 0.05) is 0 Å². The second kappa shape index (κ2) is 4.08. The highest BCUT2D eigenvalue weighted by molar-refractivity contribution is 7.10. The fourth-order valence-corrected chi connectivity index (χ4v) is 2.23. The minimum absolute atomic E-state index is 0.382. The number of halogens is 1. The Morgan fingerprint density at radius 2 is 2.00 bits per heavy atom. The van der Waals surface area contributed by atoms with Gasteiger partial charge >= 0.3 is 0 Å². The van der Waals surface area contributed by atoms with E-state index in [1.54, 1.807) is 7.11 Å². The molecule has 0 atom stereocenters. The predicted octanol–water partition coefficient (Wildman–Crippen LogP) is 3.05. The van der Waals surface area contributed by atoms with Crippen molar-refractivity contribution >= 4 is 29.0 Å². The Hall–Kier alpha value is -1.26. The van der Waals surface area contributed by atoms with Gasteiger partial charge in [-0.05, 0) is 41.4 Å². The zero-order valence-corrected chi connectivity index (χ0v) is 9.60. The van der Waals surface area contributed by atoms with E-state index in [1.807, 2.05) is 24.3 Å². The van der Waals surface area contributed by atoms with Crippen LogP contribution in [-0.4, -0.2) is 11.5 Å². The Labute approximate surface area is 96.6 Å². The number of hydrogen-bond acceptors (Lipinski definition) is 4. The maximum atomic E-state index is 6.01. The van der Waals surface area contributed by atoms with E-state index in [2.05, 4.69) is 4.37 Å². The molecule has 0 spiro atoms. The van der Waals surface area contributed by atoms with E-state index in [-0.39, 0.29) is 0 Å². The molecule has 3 nitrogen and oxygen atoms in total. The van der Waals surface area contributed by atoms with Gasteiger partial charge in [-0.25, -0.2) is 0 Å². The van der Waals surface area contributed by atoms with E-state index in [0.29, 0.717) is 10.8 Å². The molecule has 0 saturated carbocycles. The zero-order chi connectivity index (χ0) is 10.8. The smallest absolute Gasteiger partial charge is 0.156 e. The molecule has 1 aromatic carbocycles. The van der Waals surface area contributed by atoms with E-state index >= 15 is 0 Å². The number of ether oxygens (including phenoxy) is 1. The number of anilines is 1. The minimum atomic E-state index is 0.382. The largest absolute Gasteiger partial charge is 0.497 e. The van der Waals surface area contributed by atoms with Gasteiger partial charge < -0.3 is 10.5 Å². The lowest BCUT2D eigenvalue weighted by atomic mass is 10.2. The standard InChI is InChI=1S/C10H9ClN2OS/c1-14-7-4-2-6(3-5-7)9-8(11)10(12)13-15-9/h2-5H,1H3,(H2,12,13). The van der Waals surface area contributed by atoms with E-state index in [0.717, 1.165) is 16.2 Å². The maximum Gasteiger partial charge on any atom is 0.156 e. The van der Waals surface area contributed by atoms with Gasteiger partial charge in [0.15, 0.2) is 5.82 Å². The van der Waals surface area contributed by atoms with Crippen LogP contribution in [0.4, 0.5) is 5.82 Å². The van der Waals surface area contributed by atoms with Crippen molar-refractivity contribution in [2.24, 2.45) is 0 Å². The molecular weight excluding hydrogens is 232 g/mol. The molecule has 15 heavy (non-hydrogen) atoms. The number of nitrogens with two attached hydrogens (primary N) is 1. The lowest BCUT2D eigenvalue weighted by molar-refractivity contribution is 0.415. The average molecular weight is 241 g/mol. The molecule has 0 aliphatic rings. The van der Waals surface area contributed by atoms with Gasteiger partial charge in [-0.1, -0.05) is 11.6 Å². The summed E-state index contributed by atoms with van der Waals surface area (Å²) in [7, 11) is 1.63. The number of methoxy groups -OCH3 is 1. The number of nitrogen functional groups attached to an aromatic ring is 1. The molecule has 1 aromatic heterocycles. The van der Waals surface area contributed by atoms with Crippen molar-refractivity contribution in [2.75, 3.05) is 12.8 Å². The number of benzene rings is 1. The maximum absolute atomic E-state index is 6.01. The summed E-state index contributed by atoms with van der Waals surface area (Å²) in [5, 5.41) is 0.519. The normalized spacial score (nSPS) is 10.3. The Morgan fingerprint density at radius 1 is 1.33 bits per heavy atom. The van der Waals surface area contributed by atoms with Gasteiger partial charge in [-0.15, -0.1) is 0 Å². The van der Waals surface area contributed by atoms with Crippen LogP contribution in [0.3, 0.4) is 0 Å². The van der Waals surface area contributed by atoms with Gasteiger partial charge in [0.2, 0.25) is 0 Å². The Kier molecular flexibility index (Phi) is 2.79.